The molecular weight excluding hydrogens is 345 g/mol. The number of carbonyl (C=O) groups excluding carboxylic acids is 1. The van der Waals surface area contributed by atoms with Crippen molar-refractivity contribution < 1.29 is 18.0 Å². The Hall–Kier alpha value is -3.16. The van der Waals surface area contributed by atoms with Crippen LogP contribution in [0.4, 0.5) is 13.2 Å². The van der Waals surface area contributed by atoms with Crippen LogP contribution >= 0.6 is 0 Å². The zero-order chi connectivity index (χ0) is 18.7. The van der Waals surface area contributed by atoms with Crippen LogP contribution < -0.4 is 5.32 Å². The van der Waals surface area contributed by atoms with E-state index in [0.29, 0.717) is 0 Å². The Kier molecular flexibility index (Phi) is 4.75. The van der Waals surface area contributed by atoms with Gasteiger partial charge in [0.05, 0.1) is 17.3 Å². The third-order valence-electron chi connectivity index (χ3n) is 3.88. The molecule has 3 aromatic rings. The van der Waals surface area contributed by atoms with E-state index in [9.17, 15) is 18.0 Å². The fraction of sp³-hybridized carbons (Fsp3) is 0.167. The molecule has 0 unspecified atom stereocenters. The molecule has 0 saturated carbocycles. The minimum atomic E-state index is -4.49. The second-order valence-corrected chi connectivity index (χ2v) is 5.71. The monoisotopic (exact) mass is 360 g/mol. The zero-order valence-electron chi connectivity index (χ0n) is 13.7. The summed E-state index contributed by atoms with van der Waals surface area (Å²) in [6, 6.07) is 11.2. The molecule has 0 aliphatic heterocycles. The molecule has 1 amide bonds. The molecule has 1 N–H and O–H groups in total. The molecular formula is C18H15F3N4O. The summed E-state index contributed by atoms with van der Waals surface area (Å²) in [6.45, 7) is 1.76. The van der Waals surface area contributed by atoms with E-state index < -0.39 is 17.6 Å². The topological polar surface area (TPSA) is 59.8 Å². The molecule has 5 nitrogen and oxygen atoms in total. The highest BCUT2D eigenvalue weighted by atomic mass is 19.4. The number of benzene rings is 2. The van der Waals surface area contributed by atoms with Gasteiger partial charge in [0.15, 0.2) is 0 Å². The molecule has 0 aliphatic rings. The molecule has 8 heteroatoms. The second kappa shape index (κ2) is 6.99. The Balaban J connectivity index is 1.71. The van der Waals surface area contributed by atoms with E-state index in [0.717, 1.165) is 23.4 Å². The third kappa shape index (κ3) is 3.90. The Labute approximate surface area is 147 Å². The minimum absolute atomic E-state index is 0.0362. The van der Waals surface area contributed by atoms with Gasteiger partial charge in [-0.05, 0) is 42.8 Å². The van der Waals surface area contributed by atoms with Crippen molar-refractivity contribution >= 4 is 5.91 Å². The van der Waals surface area contributed by atoms with Gasteiger partial charge in [-0.3, -0.25) is 4.79 Å². The molecule has 2 aromatic carbocycles. The van der Waals surface area contributed by atoms with E-state index in [1.807, 2.05) is 24.3 Å². The summed E-state index contributed by atoms with van der Waals surface area (Å²) < 4.78 is 39.9. The first-order valence-electron chi connectivity index (χ1n) is 7.77. The summed E-state index contributed by atoms with van der Waals surface area (Å²) >= 11 is 0. The molecule has 134 valence electrons. The number of halogens is 3. The maximum absolute atomic E-state index is 12.8. The Morgan fingerprint density at radius 2 is 1.88 bits per heavy atom. The van der Waals surface area contributed by atoms with E-state index >= 15 is 0 Å². The number of hydrogen-bond acceptors (Lipinski definition) is 3. The highest BCUT2D eigenvalue weighted by Crippen LogP contribution is 2.29. The van der Waals surface area contributed by atoms with E-state index in [-0.39, 0.29) is 11.6 Å². The van der Waals surface area contributed by atoms with Crippen molar-refractivity contribution in [3.8, 4) is 5.69 Å². The predicted molar refractivity (Wildman–Crippen MR) is 88.7 cm³/mol. The maximum atomic E-state index is 12.8. The summed E-state index contributed by atoms with van der Waals surface area (Å²) in [4.78, 5) is 16.1. The highest BCUT2D eigenvalue weighted by molar-refractivity contribution is 5.94. The van der Waals surface area contributed by atoms with Crippen LogP contribution in [-0.2, 0) is 6.18 Å². The van der Waals surface area contributed by atoms with Crippen molar-refractivity contribution in [2.45, 2.75) is 19.1 Å². The standard InChI is InChI=1S/C18H15F3N4O/c1-12(13-5-7-16(8-6-13)25-11-22-10-23-25)24-17(26)14-3-2-4-15(9-14)18(19,20)21/h2-12H,1H3,(H,24,26)/t12-/m1/s1. The summed E-state index contributed by atoms with van der Waals surface area (Å²) in [5.74, 6) is -0.566. The average Bonchev–Trinajstić information content (AvgIpc) is 3.16. The molecule has 26 heavy (non-hydrogen) atoms. The van der Waals surface area contributed by atoms with Gasteiger partial charge in [0.1, 0.15) is 12.7 Å². The Bertz CT molecular complexity index is 890. The van der Waals surface area contributed by atoms with Crippen LogP contribution in [0.2, 0.25) is 0 Å². The SMILES string of the molecule is C[C@@H](NC(=O)c1cccc(C(F)(F)F)c1)c1ccc(-n2cncn2)cc1. The van der Waals surface area contributed by atoms with Gasteiger partial charge < -0.3 is 5.32 Å². The normalized spacial score (nSPS) is 12.6. The lowest BCUT2D eigenvalue weighted by molar-refractivity contribution is -0.137. The Morgan fingerprint density at radius 1 is 1.15 bits per heavy atom. The largest absolute Gasteiger partial charge is 0.416 e. The zero-order valence-corrected chi connectivity index (χ0v) is 13.7. The summed E-state index contributed by atoms with van der Waals surface area (Å²) in [5.41, 5.74) is 0.734. The fourth-order valence-corrected chi connectivity index (χ4v) is 2.46. The van der Waals surface area contributed by atoms with E-state index in [1.165, 1.54) is 18.5 Å². The fourth-order valence-electron chi connectivity index (χ4n) is 2.46. The van der Waals surface area contributed by atoms with Crippen LogP contribution in [0.5, 0.6) is 0 Å². The minimum Gasteiger partial charge on any atom is -0.346 e. The van der Waals surface area contributed by atoms with Crippen molar-refractivity contribution in [1.29, 1.82) is 0 Å². The van der Waals surface area contributed by atoms with Gasteiger partial charge in [-0.2, -0.15) is 18.3 Å². The van der Waals surface area contributed by atoms with Crippen molar-refractivity contribution in [3.05, 3.63) is 77.9 Å². The lowest BCUT2D eigenvalue weighted by atomic mass is 10.1. The molecule has 0 aliphatic carbocycles. The number of carbonyl (C=O) groups is 1. The molecule has 0 radical (unpaired) electrons. The first kappa shape index (κ1) is 17.7. The average molecular weight is 360 g/mol. The molecule has 0 bridgehead atoms. The number of amides is 1. The van der Waals surface area contributed by atoms with Crippen LogP contribution in [0, 0.1) is 0 Å². The number of alkyl halides is 3. The van der Waals surface area contributed by atoms with Crippen LogP contribution in [0.3, 0.4) is 0 Å². The second-order valence-electron chi connectivity index (χ2n) is 5.71. The van der Waals surface area contributed by atoms with Crippen LogP contribution in [-0.4, -0.2) is 20.7 Å². The third-order valence-corrected chi connectivity index (χ3v) is 3.88. The number of aromatic nitrogens is 3. The number of nitrogens with zero attached hydrogens (tertiary/aromatic N) is 3. The number of rotatable bonds is 4. The maximum Gasteiger partial charge on any atom is 0.416 e. The molecule has 1 heterocycles. The van der Waals surface area contributed by atoms with Crippen LogP contribution in [0.25, 0.3) is 5.69 Å². The van der Waals surface area contributed by atoms with Gasteiger partial charge in [0.2, 0.25) is 0 Å². The molecule has 3 rings (SSSR count). The number of nitrogens with one attached hydrogen (secondary N) is 1. The quantitative estimate of drug-likeness (QED) is 0.770. The van der Waals surface area contributed by atoms with Crippen LogP contribution in [0.15, 0.2) is 61.2 Å². The van der Waals surface area contributed by atoms with Crippen molar-refractivity contribution in [2.24, 2.45) is 0 Å². The van der Waals surface area contributed by atoms with Crippen molar-refractivity contribution in [3.63, 3.8) is 0 Å². The van der Waals surface area contributed by atoms with E-state index in [4.69, 9.17) is 0 Å². The molecule has 0 fully saturated rings. The van der Waals surface area contributed by atoms with E-state index in [2.05, 4.69) is 15.4 Å². The summed E-state index contributed by atoms with van der Waals surface area (Å²) in [5, 5.41) is 6.73. The molecule has 0 spiro atoms. The lowest BCUT2D eigenvalue weighted by Gasteiger charge is -2.15. The van der Waals surface area contributed by atoms with E-state index in [1.54, 1.807) is 17.9 Å². The predicted octanol–water partition coefficient (Wildman–Crippen LogP) is 3.78. The van der Waals surface area contributed by atoms with Crippen molar-refractivity contribution in [2.75, 3.05) is 0 Å². The van der Waals surface area contributed by atoms with Gasteiger partial charge in [0.25, 0.3) is 5.91 Å². The first-order chi connectivity index (χ1) is 12.3. The number of hydrogen-bond donors (Lipinski definition) is 1. The summed E-state index contributed by atoms with van der Waals surface area (Å²) in [7, 11) is 0. The smallest absolute Gasteiger partial charge is 0.346 e. The van der Waals surface area contributed by atoms with Crippen LogP contribution in [0.1, 0.15) is 34.5 Å². The highest BCUT2D eigenvalue weighted by Gasteiger charge is 2.31. The molecule has 0 saturated heterocycles. The Morgan fingerprint density at radius 3 is 2.50 bits per heavy atom. The van der Waals surface area contributed by atoms with Gasteiger partial charge in [-0.15, -0.1) is 0 Å². The molecule has 1 aromatic heterocycles. The molecule has 1 atom stereocenters. The van der Waals surface area contributed by atoms with Gasteiger partial charge in [-0.25, -0.2) is 9.67 Å². The first-order valence-corrected chi connectivity index (χ1v) is 7.77. The van der Waals surface area contributed by atoms with Gasteiger partial charge in [0, 0.05) is 5.56 Å². The van der Waals surface area contributed by atoms with Gasteiger partial charge in [-0.1, -0.05) is 18.2 Å². The summed E-state index contributed by atoms with van der Waals surface area (Å²) in [6.07, 6.45) is -1.50. The van der Waals surface area contributed by atoms with Gasteiger partial charge >= 0.3 is 6.18 Å². The van der Waals surface area contributed by atoms with Crippen molar-refractivity contribution in [1.82, 2.24) is 20.1 Å². The lowest BCUT2D eigenvalue weighted by Crippen LogP contribution is -2.27.